The van der Waals surface area contributed by atoms with E-state index in [1.165, 1.54) is 5.56 Å². The molecule has 0 aromatic heterocycles. The molecular formula is C20H25Cl2N3O2. The van der Waals surface area contributed by atoms with E-state index in [1.54, 1.807) is 12.1 Å². The monoisotopic (exact) mass is 409 g/mol. The van der Waals surface area contributed by atoms with E-state index in [0.717, 1.165) is 38.3 Å². The summed E-state index contributed by atoms with van der Waals surface area (Å²) in [7, 11) is 0. The lowest BCUT2D eigenvalue weighted by atomic mass is 10.0. The Kier molecular flexibility index (Phi) is 8.88. The van der Waals surface area contributed by atoms with Crippen LogP contribution in [0.5, 0.6) is 5.75 Å². The zero-order chi connectivity index (χ0) is 19.6. The van der Waals surface area contributed by atoms with Gasteiger partial charge in [0.15, 0.2) is 0 Å². The third-order valence-corrected chi connectivity index (χ3v) is 4.73. The minimum absolute atomic E-state index is 0.242. The number of aromatic hydroxyl groups is 1. The van der Waals surface area contributed by atoms with Crippen LogP contribution in [-0.2, 0) is 3.84 Å². The Balaban J connectivity index is 0.000000817. The molecule has 1 saturated heterocycles. The van der Waals surface area contributed by atoms with E-state index in [0.29, 0.717) is 11.8 Å². The molecule has 1 unspecified atom stereocenters. The minimum atomic E-state index is 0.242. The van der Waals surface area contributed by atoms with Gasteiger partial charge in [-0.25, -0.2) is 0 Å². The van der Waals surface area contributed by atoms with E-state index in [4.69, 9.17) is 5.41 Å². The Hall–Kier alpha value is -1.79. The molecule has 1 fully saturated rings. The van der Waals surface area contributed by atoms with Crippen LogP contribution in [0.15, 0.2) is 54.6 Å². The molecule has 5 nitrogen and oxygen atoms in total. The molecular weight excluding hydrogens is 385 g/mol. The third-order valence-electron chi connectivity index (χ3n) is 4.73. The van der Waals surface area contributed by atoms with Crippen LogP contribution in [0.4, 0.5) is 0 Å². The van der Waals surface area contributed by atoms with Gasteiger partial charge in [0.2, 0.25) is 0 Å². The van der Waals surface area contributed by atoms with Crippen LogP contribution in [-0.4, -0.2) is 53.5 Å². The highest BCUT2D eigenvalue weighted by Gasteiger charge is 2.21. The maximum atomic E-state index is 9.37. The first kappa shape index (κ1) is 21.5. The van der Waals surface area contributed by atoms with Crippen molar-refractivity contribution < 1.29 is 8.95 Å². The molecule has 27 heavy (non-hydrogen) atoms. The Labute approximate surface area is 170 Å². The number of piperazine rings is 1. The first-order valence-corrected chi connectivity index (χ1v) is 9.46. The molecule has 0 radical (unpaired) electrons. The van der Waals surface area contributed by atoms with Crippen LogP contribution >= 0.6 is 23.7 Å². The van der Waals surface area contributed by atoms with Crippen molar-refractivity contribution in [1.29, 1.82) is 5.41 Å². The van der Waals surface area contributed by atoms with Crippen molar-refractivity contribution in [3.63, 3.8) is 0 Å². The van der Waals surface area contributed by atoms with Crippen molar-refractivity contribution >= 4 is 29.6 Å². The van der Waals surface area contributed by atoms with Crippen molar-refractivity contribution in [2.24, 2.45) is 0 Å². The van der Waals surface area contributed by atoms with Crippen LogP contribution in [0.2, 0.25) is 0 Å². The van der Waals surface area contributed by atoms with Gasteiger partial charge in [-0.05, 0) is 35.7 Å². The highest BCUT2D eigenvalue weighted by Crippen LogP contribution is 2.18. The summed E-state index contributed by atoms with van der Waals surface area (Å²) < 4.78 is 3.19. The molecule has 3 rings (SSSR count). The van der Waals surface area contributed by atoms with Gasteiger partial charge >= 0.3 is 0 Å². The molecule has 1 aliphatic heterocycles. The van der Waals surface area contributed by atoms with Gasteiger partial charge in [-0.3, -0.25) is 10.3 Å². The number of phenols is 1. The van der Waals surface area contributed by atoms with Gasteiger partial charge in [-0.2, -0.15) is 3.84 Å². The highest BCUT2D eigenvalue weighted by atomic mass is 35.6. The molecule has 2 aromatic carbocycles. The zero-order valence-electron chi connectivity index (χ0n) is 15.3. The zero-order valence-corrected chi connectivity index (χ0v) is 16.8. The molecule has 2 N–H and O–H groups in total. The first-order valence-electron chi connectivity index (χ1n) is 8.84. The largest absolute Gasteiger partial charge is 0.508 e. The van der Waals surface area contributed by atoms with Crippen LogP contribution in [0.25, 0.3) is 0 Å². The van der Waals surface area contributed by atoms with Crippen LogP contribution < -0.4 is 0 Å². The number of hydrogen-bond acceptors (Lipinski definition) is 4. The summed E-state index contributed by atoms with van der Waals surface area (Å²) in [5.41, 5.74) is 2.25. The van der Waals surface area contributed by atoms with Gasteiger partial charge in [0.25, 0.3) is 0 Å². The van der Waals surface area contributed by atoms with Gasteiger partial charge in [-0.15, -0.1) is 0 Å². The molecule has 0 spiro atoms. The van der Waals surface area contributed by atoms with Gasteiger partial charge in [-0.1, -0.05) is 37.3 Å². The topological polar surface area (TPSA) is 59.8 Å². The van der Waals surface area contributed by atoms with Gasteiger partial charge in [0.05, 0.1) is 23.7 Å². The highest BCUT2D eigenvalue weighted by molar-refractivity contribution is 6.24. The number of halogens is 2. The Morgan fingerprint density at radius 2 is 1.59 bits per heavy atom. The fourth-order valence-corrected chi connectivity index (χ4v) is 3.23. The van der Waals surface area contributed by atoms with Crippen molar-refractivity contribution in [3.05, 3.63) is 65.7 Å². The minimum Gasteiger partial charge on any atom is -0.508 e. The number of rotatable bonds is 4. The van der Waals surface area contributed by atoms with E-state index in [9.17, 15) is 5.11 Å². The lowest BCUT2D eigenvalue weighted by Crippen LogP contribution is -2.49. The predicted octanol–water partition coefficient (Wildman–Crippen LogP) is 4.45. The molecule has 0 amide bonds. The quantitative estimate of drug-likeness (QED) is 0.578. The van der Waals surface area contributed by atoms with Crippen molar-refractivity contribution in [2.75, 3.05) is 32.7 Å². The second-order valence-corrected chi connectivity index (χ2v) is 7.02. The summed E-state index contributed by atoms with van der Waals surface area (Å²) in [6.07, 6.45) is 0. The maximum Gasteiger partial charge on any atom is 0.128 e. The Morgan fingerprint density at radius 3 is 2.15 bits per heavy atom. The Morgan fingerprint density at radius 1 is 1.04 bits per heavy atom. The van der Waals surface area contributed by atoms with Crippen LogP contribution in [0, 0.1) is 5.41 Å². The van der Waals surface area contributed by atoms with E-state index in [-0.39, 0.29) is 5.75 Å². The van der Waals surface area contributed by atoms with E-state index in [1.807, 2.05) is 12.1 Å². The SMILES string of the molecule is CC(CN1CCN(C(=N)c2ccc(O)cc2)CC1)c1ccccc1.ClOCl. The number of nitrogens with one attached hydrogen (secondary N) is 1. The van der Waals surface area contributed by atoms with Crippen molar-refractivity contribution in [1.82, 2.24) is 9.80 Å². The average molecular weight is 410 g/mol. The number of phenolic OH excluding ortho intramolecular Hbond substituents is 1. The number of benzene rings is 2. The van der Waals surface area contributed by atoms with Gasteiger partial charge < -0.3 is 10.0 Å². The summed E-state index contributed by atoms with van der Waals surface area (Å²) in [6, 6.07) is 17.5. The number of nitrogens with zero attached hydrogens (tertiary/aromatic N) is 2. The third kappa shape index (κ3) is 6.70. The van der Waals surface area contributed by atoms with Crippen LogP contribution in [0.3, 0.4) is 0 Å². The molecule has 7 heteroatoms. The molecule has 1 aliphatic rings. The average Bonchev–Trinajstić information content (AvgIpc) is 2.70. The number of amidine groups is 1. The molecule has 0 aliphatic carbocycles. The van der Waals surface area contributed by atoms with E-state index < -0.39 is 0 Å². The molecule has 0 bridgehead atoms. The summed E-state index contributed by atoms with van der Waals surface area (Å²) in [5, 5.41) is 17.7. The molecule has 2 aromatic rings. The normalized spacial score (nSPS) is 15.6. The second-order valence-electron chi connectivity index (χ2n) is 6.55. The van der Waals surface area contributed by atoms with E-state index >= 15 is 0 Å². The maximum absolute atomic E-state index is 9.37. The van der Waals surface area contributed by atoms with Gasteiger partial charge in [0, 0.05) is 38.3 Å². The standard InChI is InChI=1S/C20H25N3O.Cl2O/c1-16(17-5-3-2-4-6-17)15-22-11-13-23(14-12-22)20(21)18-7-9-19(24)10-8-18;1-3-2/h2-10,16,21,24H,11-15H2,1H3;. The smallest absolute Gasteiger partial charge is 0.128 e. The van der Waals surface area contributed by atoms with Gasteiger partial charge in [0.1, 0.15) is 11.6 Å². The van der Waals surface area contributed by atoms with Crippen LogP contribution in [0.1, 0.15) is 24.0 Å². The van der Waals surface area contributed by atoms with E-state index in [2.05, 4.69) is 74.6 Å². The fourth-order valence-electron chi connectivity index (χ4n) is 3.23. The lowest BCUT2D eigenvalue weighted by molar-refractivity contribution is 0.175. The number of hydrogen-bond donors (Lipinski definition) is 2. The summed E-state index contributed by atoms with van der Waals surface area (Å²) in [5.74, 6) is 1.31. The van der Waals surface area contributed by atoms with Crippen molar-refractivity contribution in [3.8, 4) is 5.75 Å². The second kappa shape index (κ2) is 11.1. The summed E-state index contributed by atoms with van der Waals surface area (Å²) >= 11 is 8.53. The fraction of sp³-hybridized carbons (Fsp3) is 0.350. The molecule has 146 valence electrons. The predicted molar refractivity (Wildman–Crippen MR) is 111 cm³/mol. The molecule has 1 atom stereocenters. The summed E-state index contributed by atoms with van der Waals surface area (Å²) in [6.45, 7) is 7.06. The lowest BCUT2D eigenvalue weighted by Gasteiger charge is -2.37. The molecule has 1 heterocycles. The van der Waals surface area contributed by atoms with Crippen molar-refractivity contribution in [2.45, 2.75) is 12.8 Å². The summed E-state index contributed by atoms with van der Waals surface area (Å²) in [4.78, 5) is 4.61. The Bertz CT molecular complexity index is 690. The first-order chi connectivity index (χ1) is 13.0. The molecule has 0 saturated carbocycles.